The number of carbonyl (C=O) groups excluding carboxylic acids is 3. The van der Waals surface area contributed by atoms with Crippen LogP contribution in [0.4, 0.5) is 0 Å². The Morgan fingerprint density at radius 3 is 2.65 bits per heavy atom. The Balaban J connectivity index is 1.89. The van der Waals surface area contributed by atoms with Crippen LogP contribution >= 0.6 is 0 Å². The lowest BCUT2D eigenvalue weighted by Gasteiger charge is -2.26. The van der Waals surface area contributed by atoms with Crippen LogP contribution < -0.4 is 5.32 Å². The zero-order chi connectivity index (χ0) is 26.8. The summed E-state index contributed by atoms with van der Waals surface area (Å²) >= 11 is 0. The number of hydrogen-bond acceptors (Lipinski definition) is 8. The number of nitrogens with one attached hydrogen (secondary N) is 1. The molecule has 2 atom stereocenters. The summed E-state index contributed by atoms with van der Waals surface area (Å²) in [6.07, 6.45) is 10.5. The molecule has 10 nitrogen and oxygen atoms in total. The van der Waals surface area contributed by atoms with E-state index >= 15 is 0 Å². The minimum Gasteiger partial charge on any atom is -0.508 e. The van der Waals surface area contributed by atoms with Crippen LogP contribution in [0.3, 0.4) is 0 Å². The van der Waals surface area contributed by atoms with Crippen molar-refractivity contribution >= 4 is 23.5 Å². The van der Waals surface area contributed by atoms with E-state index in [2.05, 4.69) is 10.5 Å². The molecule has 3 rings (SSSR count). The quantitative estimate of drug-likeness (QED) is 0.320. The van der Waals surface area contributed by atoms with Gasteiger partial charge in [-0.25, -0.2) is 4.79 Å². The molecule has 2 heterocycles. The summed E-state index contributed by atoms with van der Waals surface area (Å²) in [5, 5.41) is 27.5. The Labute approximate surface area is 216 Å². The van der Waals surface area contributed by atoms with E-state index in [-0.39, 0.29) is 47.8 Å². The molecular weight excluding hydrogens is 478 g/mol. The molecule has 0 saturated carbocycles. The Morgan fingerprint density at radius 1 is 1.16 bits per heavy atom. The fourth-order valence-electron chi connectivity index (χ4n) is 4.29. The number of hydrogen-bond donors (Lipinski definition) is 3. The molecule has 37 heavy (non-hydrogen) atoms. The number of phenols is 2. The average Bonchev–Trinajstić information content (AvgIpc) is 2.82. The van der Waals surface area contributed by atoms with E-state index in [0.29, 0.717) is 31.6 Å². The Hall–Kier alpha value is -3.82. The number of rotatable bonds is 4. The second-order valence-electron chi connectivity index (χ2n) is 9.30. The van der Waals surface area contributed by atoms with Crippen molar-refractivity contribution in [3.63, 3.8) is 0 Å². The third-order valence-corrected chi connectivity index (χ3v) is 6.07. The predicted molar refractivity (Wildman–Crippen MR) is 137 cm³/mol. The number of cyclic esters (lactones) is 1. The molecule has 0 spiro atoms. The standard InChI is InChI=1S/C27H35N3O7/c1-18-8-6-9-21(28-19(2)31)10-7-11-22(29-36-17-25(34)30-12-4-3-5-13-30)14-20-15-23(32)16-24(33)26(20)27(35)37-18/h6-7,9,11,15-16,18,21,32-33H,3-5,8,10,12-14,17H2,1-2H3,(H,28,31)/b9-6+,11-7+,29-22-/t18-,21+/m1/s1. The number of carbonyl (C=O) groups is 3. The fraction of sp³-hybridized carbons (Fsp3) is 0.481. The maximum atomic E-state index is 12.9. The van der Waals surface area contributed by atoms with Crippen molar-refractivity contribution in [2.75, 3.05) is 19.7 Å². The lowest BCUT2D eigenvalue weighted by Crippen LogP contribution is -2.37. The summed E-state index contributed by atoms with van der Waals surface area (Å²) in [6, 6.07) is 2.14. The van der Waals surface area contributed by atoms with Crippen LogP contribution in [0.1, 0.15) is 61.9 Å². The van der Waals surface area contributed by atoms with Crippen LogP contribution in [-0.4, -0.2) is 70.5 Å². The topological polar surface area (TPSA) is 138 Å². The number of oxime groups is 1. The maximum Gasteiger partial charge on any atom is 0.342 e. The normalized spacial score (nSPS) is 23.8. The molecule has 0 bridgehead atoms. The van der Waals surface area contributed by atoms with Gasteiger partial charge in [-0.05, 0) is 50.3 Å². The first-order valence-corrected chi connectivity index (χ1v) is 12.6. The molecule has 0 aromatic heterocycles. The number of phenolic OH excluding ortho intramolecular Hbond substituents is 2. The minimum absolute atomic E-state index is 0.00974. The fourth-order valence-corrected chi connectivity index (χ4v) is 4.29. The molecule has 1 fully saturated rings. The van der Waals surface area contributed by atoms with Crippen molar-refractivity contribution in [3.05, 3.63) is 47.6 Å². The first-order valence-electron chi connectivity index (χ1n) is 12.6. The maximum absolute atomic E-state index is 12.9. The summed E-state index contributed by atoms with van der Waals surface area (Å²) in [4.78, 5) is 44.2. The van der Waals surface area contributed by atoms with E-state index in [1.54, 1.807) is 24.0 Å². The number of aromatic hydroxyl groups is 2. The first-order chi connectivity index (χ1) is 17.7. The van der Waals surface area contributed by atoms with Crippen LogP contribution in [0.25, 0.3) is 0 Å². The first kappa shape index (κ1) is 27.8. The van der Waals surface area contributed by atoms with Crippen LogP contribution in [0.5, 0.6) is 11.5 Å². The molecule has 0 radical (unpaired) electrons. The lowest BCUT2D eigenvalue weighted by molar-refractivity contribution is -0.137. The zero-order valence-corrected chi connectivity index (χ0v) is 21.3. The third-order valence-electron chi connectivity index (χ3n) is 6.07. The Kier molecular flexibility index (Phi) is 10.1. The van der Waals surface area contributed by atoms with Gasteiger partial charge in [-0.2, -0.15) is 0 Å². The van der Waals surface area contributed by atoms with Gasteiger partial charge in [-0.3, -0.25) is 9.59 Å². The number of nitrogens with zero attached hydrogens (tertiary/aromatic N) is 2. The molecule has 10 heteroatoms. The second kappa shape index (κ2) is 13.5. The van der Waals surface area contributed by atoms with Gasteiger partial charge in [0.25, 0.3) is 5.91 Å². The molecule has 2 amide bonds. The van der Waals surface area contributed by atoms with Gasteiger partial charge in [0.05, 0.1) is 11.8 Å². The van der Waals surface area contributed by atoms with Crippen LogP contribution in [0, 0.1) is 0 Å². The smallest absolute Gasteiger partial charge is 0.342 e. The average molecular weight is 514 g/mol. The molecular formula is C27H35N3O7. The molecule has 200 valence electrons. The Bertz CT molecular complexity index is 1070. The van der Waals surface area contributed by atoms with E-state index in [1.807, 2.05) is 12.2 Å². The number of piperidine rings is 1. The van der Waals surface area contributed by atoms with Crippen molar-refractivity contribution < 1.29 is 34.2 Å². The SMILES string of the molecule is CC(=O)N[C@H]1/C=C/C[C@@H](C)OC(=O)c2c(O)cc(O)cc2CC(=N\OCC(=O)N2CCCCC2)/C=C/C1. The highest BCUT2D eigenvalue weighted by Gasteiger charge is 2.23. The van der Waals surface area contributed by atoms with Crippen LogP contribution in [-0.2, 0) is 25.6 Å². The number of fused-ring (bicyclic) bond motifs is 1. The zero-order valence-electron chi connectivity index (χ0n) is 21.3. The van der Waals surface area contributed by atoms with Crippen molar-refractivity contribution in [1.29, 1.82) is 0 Å². The number of esters is 1. The van der Waals surface area contributed by atoms with E-state index in [1.165, 1.54) is 13.0 Å². The monoisotopic (exact) mass is 513 g/mol. The van der Waals surface area contributed by atoms with Gasteiger partial charge in [0.1, 0.15) is 23.2 Å². The number of allylic oxidation sites excluding steroid dienone is 1. The summed E-state index contributed by atoms with van der Waals surface area (Å²) < 4.78 is 5.52. The number of likely N-dealkylation sites (tertiary alicyclic amines) is 1. The van der Waals surface area contributed by atoms with Crippen molar-refractivity contribution in [3.8, 4) is 11.5 Å². The highest BCUT2D eigenvalue weighted by Crippen LogP contribution is 2.29. The molecule has 3 N–H and O–H groups in total. The minimum atomic E-state index is -0.742. The van der Waals surface area contributed by atoms with Crippen molar-refractivity contribution in [1.82, 2.24) is 10.2 Å². The van der Waals surface area contributed by atoms with E-state index in [0.717, 1.165) is 25.3 Å². The molecule has 1 aromatic rings. The molecule has 2 aliphatic rings. The molecule has 2 aliphatic heterocycles. The largest absolute Gasteiger partial charge is 0.508 e. The second-order valence-corrected chi connectivity index (χ2v) is 9.30. The summed E-state index contributed by atoms with van der Waals surface area (Å²) in [7, 11) is 0. The predicted octanol–water partition coefficient (Wildman–Crippen LogP) is 2.98. The van der Waals surface area contributed by atoms with E-state index < -0.39 is 17.8 Å². The van der Waals surface area contributed by atoms with E-state index in [4.69, 9.17) is 9.57 Å². The highest BCUT2D eigenvalue weighted by molar-refractivity contribution is 6.00. The van der Waals surface area contributed by atoms with E-state index in [9.17, 15) is 24.6 Å². The number of amides is 2. The number of ether oxygens (including phenoxy) is 1. The van der Waals surface area contributed by atoms with Crippen molar-refractivity contribution in [2.45, 2.75) is 64.5 Å². The van der Waals surface area contributed by atoms with Gasteiger partial charge in [-0.15, -0.1) is 0 Å². The van der Waals surface area contributed by atoms with Crippen LogP contribution in [0.2, 0.25) is 0 Å². The Morgan fingerprint density at radius 2 is 1.92 bits per heavy atom. The van der Waals surface area contributed by atoms with Gasteiger partial charge in [-0.1, -0.05) is 23.4 Å². The molecule has 1 aromatic carbocycles. The molecule has 0 aliphatic carbocycles. The summed E-state index contributed by atoms with van der Waals surface area (Å²) in [5.41, 5.74) is 0.559. The van der Waals surface area contributed by atoms with Gasteiger partial charge in [0.2, 0.25) is 5.91 Å². The van der Waals surface area contributed by atoms with Gasteiger partial charge < -0.3 is 30.0 Å². The summed E-state index contributed by atoms with van der Waals surface area (Å²) in [6.45, 7) is 4.32. The van der Waals surface area contributed by atoms with Gasteiger partial charge in [0, 0.05) is 38.9 Å². The molecule has 1 saturated heterocycles. The number of benzene rings is 1. The van der Waals surface area contributed by atoms with Crippen LogP contribution in [0.15, 0.2) is 41.6 Å². The summed E-state index contributed by atoms with van der Waals surface area (Å²) in [5.74, 6) is -1.72. The van der Waals surface area contributed by atoms with Gasteiger partial charge in [0.15, 0.2) is 6.61 Å². The lowest BCUT2D eigenvalue weighted by atomic mass is 9.99. The molecule has 0 unspecified atom stereocenters. The van der Waals surface area contributed by atoms with Crippen molar-refractivity contribution in [2.24, 2.45) is 5.16 Å². The third kappa shape index (κ3) is 8.66. The van der Waals surface area contributed by atoms with Gasteiger partial charge >= 0.3 is 5.97 Å². The highest BCUT2D eigenvalue weighted by atomic mass is 16.6.